The molecule has 0 fully saturated rings. The van der Waals surface area contributed by atoms with E-state index in [2.05, 4.69) is 6.07 Å². The molecule has 1 amide bonds. The minimum Gasteiger partial charge on any atom is -0.311 e. The van der Waals surface area contributed by atoms with Crippen LogP contribution in [0.4, 0.5) is 5.69 Å². The second kappa shape index (κ2) is 5.92. The number of benzene rings is 1. The van der Waals surface area contributed by atoms with Crippen molar-refractivity contribution in [1.29, 1.82) is 5.26 Å². The minimum absolute atomic E-state index is 0.0177. The van der Waals surface area contributed by atoms with Gasteiger partial charge >= 0.3 is 0 Å². The molecule has 3 nitrogen and oxygen atoms in total. The van der Waals surface area contributed by atoms with Gasteiger partial charge in [0.25, 0.3) is 5.91 Å². The zero-order valence-electron chi connectivity index (χ0n) is 11.6. The van der Waals surface area contributed by atoms with Crippen LogP contribution >= 0.6 is 23.1 Å². The Kier molecular flexibility index (Phi) is 4.00. The second-order valence-electron chi connectivity index (χ2n) is 4.88. The van der Waals surface area contributed by atoms with E-state index >= 15 is 0 Å². The van der Waals surface area contributed by atoms with Crippen LogP contribution in [0, 0.1) is 11.3 Å². The van der Waals surface area contributed by atoms with Crippen molar-refractivity contribution in [3.63, 3.8) is 0 Å². The highest BCUT2D eigenvalue weighted by atomic mass is 32.2. The Bertz CT molecular complexity index is 689. The Hall–Kier alpha value is -1.77. The molecule has 0 radical (unpaired) electrons. The van der Waals surface area contributed by atoms with Crippen LogP contribution in [0.2, 0.25) is 0 Å². The molecule has 3 rings (SSSR count). The number of hydrogen-bond acceptors (Lipinski definition) is 4. The van der Waals surface area contributed by atoms with Crippen molar-refractivity contribution in [1.82, 2.24) is 0 Å². The fraction of sp³-hybridized carbons (Fsp3) is 0.250. The molecular weight excluding hydrogens is 300 g/mol. The molecule has 0 saturated carbocycles. The number of anilines is 1. The lowest BCUT2D eigenvalue weighted by Gasteiger charge is -2.16. The predicted octanol–water partition coefficient (Wildman–Crippen LogP) is 3.69. The van der Waals surface area contributed by atoms with Gasteiger partial charge in [0, 0.05) is 23.4 Å². The zero-order chi connectivity index (χ0) is 14.8. The summed E-state index contributed by atoms with van der Waals surface area (Å²) < 4.78 is 0. The zero-order valence-corrected chi connectivity index (χ0v) is 13.3. The number of thiophene rings is 1. The first-order valence-electron chi connectivity index (χ1n) is 6.66. The summed E-state index contributed by atoms with van der Waals surface area (Å²) in [7, 11) is 1.77. The number of nitrogens with zero attached hydrogens (tertiary/aromatic N) is 2. The highest BCUT2D eigenvalue weighted by Crippen LogP contribution is 2.32. The number of carbonyl (C=O) groups excluding carboxylic acids is 1. The van der Waals surface area contributed by atoms with Crippen molar-refractivity contribution in [3.05, 3.63) is 51.2 Å². The van der Waals surface area contributed by atoms with E-state index in [0.717, 1.165) is 28.5 Å². The molecule has 2 heterocycles. The van der Waals surface area contributed by atoms with Gasteiger partial charge in [-0.2, -0.15) is 17.0 Å². The number of fused-ring (bicyclic) bond motifs is 1. The van der Waals surface area contributed by atoms with E-state index in [1.807, 2.05) is 17.8 Å². The van der Waals surface area contributed by atoms with Crippen molar-refractivity contribution < 1.29 is 4.79 Å². The second-order valence-corrected chi connectivity index (χ2v) is 7.13. The van der Waals surface area contributed by atoms with Gasteiger partial charge in [-0.3, -0.25) is 4.79 Å². The highest BCUT2D eigenvalue weighted by molar-refractivity contribution is 7.98. The molecule has 1 aromatic carbocycles. The average Bonchev–Trinajstić information content (AvgIpc) is 2.97. The summed E-state index contributed by atoms with van der Waals surface area (Å²) in [5, 5.41) is 8.82. The number of amides is 1. The number of hydrogen-bond donors (Lipinski definition) is 0. The lowest BCUT2D eigenvalue weighted by molar-refractivity contribution is 0.0997. The molecule has 21 heavy (non-hydrogen) atoms. The molecule has 106 valence electrons. The van der Waals surface area contributed by atoms with Crippen LogP contribution < -0.4 is 4.90 Å². The fourth-order valence-corrected chi connectivity index (χ4v) is 4.64. The SMILES string of the molecule is CN(C(=O)c1cc2c(s1)CCSC2)c1ccc(C#N)cc1. The van der Waals surface area contributed by atoms with Gasteiger partial charge in [-0.15, -0.1) is 11.3 Å². The first-order chi connectivity index (χ1) is 10.2. The topological polar surface area (TPSA) is 44.1 Å². The monoisotopic (exact) mass is 314 g/mol. The maximum absolute atomic E-state index is 12.6. The number of carbonyl (C=O) groups is 1. The number of nitriles is 1. The van der Waals surface area contributed by atoms with Gasteiger partial charge in [0.1, 0.15) is 0 Å². The highest BCUT2D eigenvalue weighted by Gasteiger charge is 2.20. The summed E-state index contributed by atoms with van der Waals surface area (Å²) in [6.45, 7) is 0. The van der Waals surface area contributed by atoms with E-state index in [9.17, 15) is 4.79 Å². The standard InChI is InChI=1S/C16H14N2OS2/c1-18(13-4-2-11(9-17)3-5-13)16(19)15-8-12-10-20-7-6-14(12)21-15/h2-5,8H,6-7,10H2,1H3. The van der Waals surface area contributed by atoms with E-state index in [0.29, 0.717) is 5.56 Å². The molecule has 0 bridgehead atoms. The Labute approximate surface area is 132 Å². The molecule has 2 aromatic rings. The van der Waals surface area contributed by atoms with Crippen LogP contribution in [-0.4, -0.2) is 18.7 Å². The summed E-state index contributed by atoms with van der Waals surface area (Å²) in [4.78, 5) is 16.4. The van der Waals surface area contributed by atoms with Crippen LogP contribution in [0.25, 0.3) is 0 Å². The van der Waals surface area contributed by atoms with E-state index < -0.39 is 0 Å². The number of rotatable bonds is 2. The van der Waals surface area contributed by atoms with Gasteiger partial charge in [-0.05, 0) is 48.1 Å². The summed E-state index contributed by atoms with van der Waals surface area (Å²) in [5.41, 5.74) is 2.72. The third-order valence-corrected chi connectivity index (χ3v) is 5.76. The lowest BCUT2D eigenvalue weighted by Crippen LogP contribution is -2.25. The largest absolute Gasteiger partial charge is 0.311 e. The smallest absolute Gasteiger partial charge is 0.268 e. The molecule has 1 aliphatic heterocycles. The summed E-state index contributed by atoms with van der Waals surface area (Å²) in [6.07, 6.45) is 1.07. The quantitative estimate of drug-likeness (QED) is 0.849. The van der Waals surface area contributed by atoms with Gasteiger partial charge in [0.05, 0.1) is 16.5 Å². The van der Waals surface area contributed by atoms with E-state index in [4.69, 9.17) is 5.26 Å². The molecule has 0 aliphatic carbocycles. The van der Waals surface area contributed by atoms with Crippen LogP contribution in [0.1, 0.15) is 25.7 Å². The molecule has 0 unspecified atom stereocenters. The Morgan fingerprint density at radius 1 is 1.33 bits per heavy atom. The average molecular weight is 314 g/mol. The van der Waals surface area contributed by atoms with Crippen molar-refractivity contribution >= 4 is 34.7 Å². The minimum atomic E-state index is 0.0177. The maximum atomic E-state index is 12.6. The first-order valence-corrected chi connectivity index (χ1v) is 8.63. The predicted molar refractivity (Wildman–Crippen MR) is 88.1 cm³/mol. The molecule has 0 N–H and O–H groups in total. The number of aryl methyl sites for hydroxylation is 1. The van der Waals surface area contributed by atoms with Crippen LogP contribution in [0.3, 0.4) is 0 Å². The van der Waals surface area contributed by atoms with Gasteiger partial charge in [0.2, 0.25) is 0 Å². The third-order valence-electron chi connectivity index (χ3n) is 3.53. The molecule has 5 heteroatoms. The van der Waals surface area contributed by atoms with E-state index in [1.165, 1.54) is 10.4 Å². The van der Waals surface area contributed by atoms with Gasteiger partial charge in [-0.1, -0.05) is 0 Å². The fourth-order valence-electron chi connectivity index (χ4n) is 2.29. The first kappa shape index (κ1) is 14.2. The Balaban J connectivity index is 1.83. The van der Waals surface area contributed by atoms with E-state index in [-0.39, 0.29) is 5.91 Å². The third kappa shape index (κ3) is 2.82. The molecule has 1 aromatic heterocycles. The van der Waals surface area contributed by atoms with E-state index in [1.54, 1.807) is 47.5 Å². The Morgan fingerprint density at radius 3 is 2.76 bits per heavy atom. The normalized spacial score (nSPS) is 13.3. The Morgan fingerprint density at radius 2 is 2.10 bits per heavy atom. The van der Waals surface area contributed by atoms with Crippen molar-refractivity contribution in [2.45, 2.75) is 12.2 Å². The van der Waals surface area contributed by atoms with Crippen molar-refractivity contribution in [2.24, 2.45) is 0 Å². The van der Waals surface area contributed by atoms with Gasteiger partial charge < -0.3 is 4.90 Å². The summed E-state index contributed by atoms with van der Waals surface area (Å²) >= 11 is 3.54. The maximum Gasteiger partial charge on any atom is 0.268 e. The molecule has 0 spiro atoms. The lowest BCUT2D eigenvalue weighted by atomic mass is 10.2. The van der Waals surface area contributed by atoms with Crippen LogP contribution in [0.5, 0.6) is 0 Å². The van der Waals surface area contributed by atoms with Gasteiger partial charge in [-0.25, -0.2) is 0 Å². The summed E-state index contributed by atoms with van der Waals surface area (Å²) in [5.74, 6) is 2.18. The van der Waals surface area contributed by atoms with Gasteiger partial charge in [0.15, 0.2) is 0 Å². The molecule has 1 aliphatic rings. The number of thioether (sulfide) groups is 1. The molecule has 0 saturated heterocycles. The molecule has 0 atom stereocenters. The van der Waals surface area contributed by atoms with Crippen LogP contribution in [-0.2, 0) is 12.2 Å². The summed E-state index contributed by atoms with van der Waals surface area (Å²) in [6, 6.07) is 11.2. The van der Waals surface area contributed by atoms with Crippen LogP contribution in [0.15, 0.2) is 30.3 Å². The molecular formula is C16H14N2OS2. The van der Waals surface area contributed by atoms with Crippen molar-refractivity contribution in [3.8, 4) is 6.07 Å². The van der Waals surface area contributed by atoms with Crippen molar-refractivity contribution in [2.75, 3.05) is 17.7 Å².